The molecule has 0 radical (unpaired) electrons. The smallest absolute Gasteiger partial charge is 0.247 e. The van der Waals surface area contributed by atoms with E-state index in [1.807, 2.05) is 18.2 Å². The number of carbonyl (C=O) groups excluding carboxylic acids is 2. The van der Waals surface area contributed by atoms with Gasteiger partial charge in [-0.25, -0.2) is 9.67 Å². The van der Waals surface area contributed by atoms with Crippen LogP contribution in [0.25, 0.3) is 5.69 Å². The number of anilines is 1. The molecule has 7 nitrogen and oxygen atoms in total. The third-order valence-corrected chi connectivity index (χ3v) is 4.14. The monoisotopic (exact) mass is 339 g/mol. The van der Waals surface area contributed by atoms with Crippen LogP contribution < -0.4 is 10.6 Å². The number of allylic oxidation sites excluding steroid dienone is 1. The average Bonchev–Trinajstić information content (AvgIpc) is 3.17. The van der Waals surface area contributed by atoms with Gasteiger partial charge in [0.25, 0.3) is 0 Å². The largest absolute Gasteiger partial charge is 0.341 e. The van der Waals surface area contributed by atoms with E-state index in [0.717, 1.165) is 36.9 Å². The Hall–Kier alpha value is -2.96. The Balaban J connectivity index is 1.56. The summed E-state index contributed by atoms with van der Waals surface area (Å²) in [6.07, 6.45) is 8.89. The van der Waals surface area contributed by atoms with E-state index in [9.17, 15) is 9.59 Å². The summed E-state index contributed by atoms with van der Waals surface area (Å²) in [4.78, 5) is 28.3. The lowest BCUT2D eigenvalue weighted by Crippen LogP contribution is -2.42. The van der Waals surface area contributed by atoms with Crippen LogP contribution >= 0.6 is 0 Å². The Morgan fingerprint density at radius 1 is 1.20 bits per heavy atom. The highest BCUT2D eigenvalue weighted by Gasteiger charge is 2.19. The van der Waals surface area contributed by atoms with Crippen LogP contribution in [0.5, 0.6) is 0 Å². The quantitative estimate of drug-likeness (QED) is 0.874. The topological polar surface area (TPSA) is 88.9 Å². The number of carbonyl (C=O) groups is 2. The van der Waals surface area contributed by atoms with Crippen molar-refractivity contribution in [3.05, 3.63) is 48.6 Å². The highest BCUT2D eigenvalue weighted by atomic mass is 16.2. The van der Waals surface area contributed by atoms with E-state index in [2.05, 4.69) is 20.7 Å². The van der Waals surface area contributed by atoms with Crippen LogP contribution in [-0.4, -0.2) is 32.6 Å². The lowest BCUT2D eigenvalue weighted by atomic mass is 9.99. The number of amides is 2. The zero-order chi connectivity index (χ0) is 17.6. The van der Waals surface area contributed by atoms with Gasteiger partial charge in [0.1, 0.15) is 18.7 Å². The van der Waals surface area contributed by atoms with Gasteiger partial charge < -0.3 is 10.6 Å². The number of hydrogen-bond acceptors (Lipinski definition) is 4. The number of hydrogen-bond donors (Lipinski definition) is 2. The molecule has 2 amide bonds. The molecule has 0 spiro atoms. The van der Waals surface area contributed by atoms with Crippen LogP contribution in [0.15, 0.2) is 48.6 Å². The molecule has 1 aromatic heterocycles. The molecular weight excluding hydrogens is 318 g/mol. The van der Waals surface area contributed by atoms with Crippen molar-refractivity contribution >= 4 is 17.5 Å². The molecule has 1 aromatic carbocycles. The molecule has 0 unspecified atom stereocenters. The number of nitrogens with zero attached hydrogens (tertiary/aromatic N) is 3. The maximum Gasteiger partial charge on any atom is 0.247 e. The molecule has 7 heteroatoms. The van der Waals surface area contributed by atoms with Crippen molar-refractivity contribution in [3.8, 4) is 5.69 Å². The van der Waals surface area contributed by atoms with Gasteiger partial charge in [-0.1, -0.05) is 6.08 Å². The first-order chi connectivity index (χ1) is 12.1. The normalized spacial score (nSPS) is 15.2. The van der Waals surface area contributed by atoms with Gasteiger partial charge >= 0.3 is 0 Å². The first-order valence-electron chi connectivity index (χ1n) is 8.39. The third-order valence-electron chi connectivity index (χ3n) is 4.14. The summed E-state index contributed by atoms with van der Waals surface area (Å²) in [6, 6.07) is 6.63. The second-order valence-electron chi connectivity index (χ2n) is 6.05. The molecule has 0 aliphatic heterocycles. The molecule has 1 aliphatic carbocycles. The molecular formula is C18H21N5O2. The maximum atomic E-state index is 12.3. The standard InChI is InChI=1S/C18H21N5O2/c1-13(21-18(25)14-5-3-2-4-6-14)17(24)22-15-7-9-16(10-8-15)23-12-19-11-20-23/h5,7-13H,2-4,6H2,1H3,(H,21,25)(H,22,24)/t13-/m0/s1. The molecule has 0 saturated heterocycles. The molecule has 3 rings (SSSR count). The van der Waals surface area contributed by atoms with Gasteiger partial charge in [-0.2, -0.15) is 5.10 Å². The first-order valence-corrected chi connectivity index (χ1v) is 8.39. The molecule has 0 fully saturated rings. The maximum absolute atomic E-state index is 12.3. The lowest BCUT2D eigenvalue weighted by molar-refractivity contribution is -0.124. The predicted molar refractivity (Wildman–Crippen MR) is 94.1 cm³/mol. The summed E-state index contributed by atoms with van der Waals surface area (Å²) in [5.74, 6) is -0.401. The summed E-state index contributed by atoms with van der Waals surface area (Å²) < 4.78 is 1.63. The lowest BCUT2D eigenvalue weighted by Gasteiger charge is -2.17. The fourth-order valence-electron chi connectivity index (χ4n) is 2.69. The van der Waals surface area contributed by atoms with Crippen molar-refractivity contribution in [1.82, 2.24) is 20.1 Å². The van der Waals surface area contributed by atoms with Crippen LogP contribution in [0.4, 0.5) is 5.69 Å². The second kappa shape index (κ2) is 7.74. The highest BCUT2D eigenvalue weighted by Crippen LogP contribution is 2.17. The molecule has 0 bridgehead atoms. The summed E-state index contributed by atoms with van der Waals surface area (Å²) in [6.45, 7) is 1.68. The van der Waals surface area contributed by atoms with Crippen LogP contribution in [0.2, 0.25) is 0 Å². The zero-order valence-corrected chi connectivity index (χ0v) is 14.1. The van der Waals surface area contributed by atoms with Crippen LogP contribution in [0.1, 0.15) is 32.6 Å². The van der Waals surface area contributed by atoms with Gasteiger partial charge in [0.2, 0.25) is 11.8 Å². The molecule has 1 heterocycles. The Morgan fingerprint density at radius 2 is 2.00 bits per heavy atom. The number of aromatic nitrogens is 3. The minimum Gasteiger partial charge on any atom is -0.341 e. The van der Waals surface area contributed by atoms with Gasteiger partial charge in [-0.15, -0.1) is 0 Å². The number of rotatable bonds is 5. The van der Waals surface area contributed by atoms with E-state index in [1.54, 1.807) is 30.1 Å². The molecule has 130 valence electrons. The molecule has 25 heavy (non-hydrogen) atoms. The molecule has 0 saturated carbocycles. The van der Waals surface area contributed by atoms with E-state index in [0.29, 0.717) is 5.69 Å². The minimum absolute atomic E-state index is 0.149. The molecule has 1 aliphatic rings. The van der Waals surface area contributed by atoms with E-state index >= 15 is 0 Å². The van der Waals surface area contributed by atoms with Gasteiger partial charge in [0, 0.05) is 11.3 Å². The Kier molecular flexibility index (Phi) is 5.23. The number of benzene rings is 1. The first kappa shape index (κ1) is 16.9. The molecule has 2 aromatic rings. The Morgan fingerprint density at radius 3 is 2.64 bits per heavy atom. The Bertz CT molecular complexity index is 765. The number of nitrogens with one attached hydrogen (secondary N) is 2. The van der Waals surface area contributed by atoms with E-state index in [4.69, 9.17) is 0 Å². The van der Waals surface area contributed by atoms with Crippen LogP contribution in [-0.2, 0) is 9.59 Å². The molecule has 2 N–H and O–H groups in total. The van der Waals surface area contributed by atoms with Gasteiger partial charge in [-0.05, 0) is 56.9 Å². The van der Waals surface area contributed by atoms with E-state index < -0.39 is 6.04 Å². The predicted octanol–water partition coefficient (Wildman–Crippen LogP) is 2.21. The van der Waals surface area contributed by atoms with Crippen molar-refractivity contribution in [2.45, 2.75) is 38.6 Å². The Labute approximate surface area is 146 Å². The minimum atomic E-state index is -0.606. The second-order valence-corrected chi connectivity index (χ2v) is 6.05. The van der Waals surface area contributed by atoms with E-state index in [1.165, 1.54) is 6.33 Å². The average molecular weight is 339 g/mol. The van der Waals surface area contributed by atoms with Crippen molar-refractivity contribution in [1.29, 1.82) is 0 Å². The van der Waals surface area contributed by atoms with Crippen molar-refractivity contribution in [3.63, 3.8) is 0 Å². The fraction of sp³-hybridized carbons (Fsp3) is 0.333. The highest BCUT2D eigenvalue weighted by molar-refractivity contribution is 6.00. The van der Waals surface area contributed by atoms with Crippen LogP contribution in [0, 0.1) is 0 Å². The summed E-state index contributed by atoms with van der Waals surface area (Å²) in [5, 5.41) is 9.61. The third kappa shape index (κ3) is 4.32. The van der Waals surface area contributed by atoms with Crippen LogP contribution in [0.3, 0.4) is 0 Å². The summed E-state index contributed by atoms with van der Waals surface area (Å²) >= 11 is 0. The zero-order valence-electron chi connectivity index (χ0n) is 14.1. The van der Waals surface area contributed by atoms with E-state index in [-0.39, 0.29) is 11.8 Å². The van der Waals surface area contributed by atoms with Gasteiger partial charge in [0.15, 0.2) is 0 Å². The summed E-state index contributed by atoms with van der Waals surface area (Å²) in [7, 11) is 0. The van der Waals surface area contributed by atoms with Crippen molar-refractivity contribution in [2.75, 3.05) is 5.32 Å². The molecule has 1 atom stereocenters. The SMILES string of the molecule is C[C@H](NC(=O)C1=CCCCC1)C(=O)Nc1ccc(-n2cncn2)cc1. The summed E-state index contributed by atoms with van der Waals surface area (Å²) in [5.41, 5.74) is 2.29. The van der Waals surface area contributed by atoms with Crippen molar-refractivity contribution in [2.24, 2.45) is 0 Å². The van der Waals surface area contributed by atoms with Crippen molar-refractivity contribution < 1.29 is 9.59 Å². The fourth-order valence-corrected chi connectivity index (χ4v) is 2.69. The van der Waals surface area contributed by atoms with Gasteiger partial charge in [0.05, 0.1) is 5.69 Å². The van der Waals surface area contributed by atoms with Gasteiger partial charge in [-0.3, -0.25) is 9.59 Å².